The molecule has 3 heteroatoms. The third-order valence-corrected chi connectivity index (χ3v) is 3.37. The number of nitrogens with one attached hydrogen (secondary N) is 1. The van der Waals surface area contributed by atoms with E-state index in [-0.39, 0.29) is 6.04 Å². The number of aromatic nitrogens is 1. The van der Waals surface area contributed by atoms with E-state index in [2.05, 4.69) is 42.3 Å². The molecule has 0 amide bonds. The number of rotatable bonds is 6. The molecule has 0 saturated carbocycles. The molecular weight excluding hydrogens is 248 g/mol. The number of methoxy groups -OCH3 is 1. The summed E-state index contributed by atoms with van der Waals surface area (Å²) in [7, 11) is 1.70. The number of nitrogens with zero attached hydrogens (tertiary/aromatic N) is 1. The molecular formula is C17H22N2O. The van der Waals surface area contributed by atoms with E-state index in [0.29, 0.717) is 0 Å². The first-order valence-electron chi connectivity index (χ1n) is 7.04. The molecule has 2 aromatic rings. The lowest BCUT2D eigenvalue weighted by Crippen LogP contribution is -2.23. The molecule has 0 aliphatic heterocycles. The van der Waals surface area contributed by atoms with Gasteiger partial charge in [-0.2, -0.15) is 0 Å². The molecule has 0 saturated heterocycles. The highest BCUT2D eigenvalue weighted by Gasteiger charge is 2.14. The molecule has 0 aliphatic rings. The summed E-state index contributed by atoms with van der Waals surface area (Å²) in [5.74, 6) is 0.925. The summed E-state index contributed by atoms with van der Waals surface area (Å²) in [5, 5.41) is 3.59. The second kappa shape index (κ2) is 7.06. The summed E-state index contributed by atoms with van der Waals surface area (Å²) >= 11 is 0. The van der Waals surface area contributed by atoms with Gasteiger partial charge in [-0.3, -0.25) is 4.98 Å². The van der Waals surface area contributed by atoms with Gasteiger partial charge in [-0.15, -0.1) is 0 Å². The summed E-state index contributed by atoms with van der Waals surface area (Å²) in [4.78, 5) is 4.23. The van der Waals surface area contributed by atoms with Crippen LogP contribution in [0.3, 0.4) is 0 Å². The Labute approximate surface area is 121 Å². The van der Waals surface area contributed by atoms with Gasteiger partial charge in [0.05, 0.1) is 13.2 Å². The van der Waals surface area contributed by atoms with Crippen LogP contribution in [0.15, 0.2) is 42.7 Å². The predicted octanol–water partition coefficient (Wildman–Crippen LogP) is 3.49. The molecule has 1 unspecified atom stereocenters. The lowest BCUT2D eigenvalue weighted by atomic mass is 9.98. The molecule has 1 aromatic carbocycles. The minimum atomic E-state index is 0.174. The standard InChI is InChI=1S/C17H22N2O/c1-4-9-19-17(15-6-5-10-18-12-15)14-7-8-16(20-3)13(2)11-14/h5-8,10-12,17,19H,4,9H2,1-3H3. The number of benzene rings is 1. The normalized spacial score (nSPS) is 12.2. The minimum absolute atomic E-state index is 0.174. The number of aryl methyl sites for hydroxylation is 1. The van der Waals surface area contributed by atoms with E-state index >= 15 is 0 Å². The van der Waals surface area contributed by atoms with Crippen LogP contribution in [0.25, 0.3) is 0 Å². The molecule has 0 radical (unpaired) electrons. The molecule has 1 atom stereocenters. The fraction of sp³-hybridized carbons (Fsp3) is 0.353. The Hall–Kier alpha value is -1.87. The van der Waals surface area contributed by atoms with Gasteiger partial charge in [0.15, 0.2) is 0 Å². The summed E-state index contributed by atoms with van der Waals surface area (Å²) in [6.45, 7) is 5.22. The van der Waals surface area contributed by atoms with Gasteiger partial charge in [0.1, 0.15) is 5.75 Å². The molecule has 0 spiro atoms. The van der Waals surface area contributed by atoms with Crippen LogP contribution in [0.1, 0.15) is 36.1 Å². The van der Waals surface area contributed by atoms with Crippen LogP contribution in [0.2, 0.25) is 0 Å². The van der Waals surface area contributed by atoms with Crippen molar-refractivity contribution in [2.45, 2.75) is 26.3 Å². The molecule has 0 bridgehead atoms. The van der Waals surface area contributed by atoms with E-state index in [1.54, 1.807) is 13.3 Å². The lowest BCUT2D eigenvalue weighted by molar-refractivity contribution is 0.411. The zero-order valence-corrected chi connectivity index (χ0v) is 12.4. The molecule has 106 valence electrons. The Morgan fingerprint density at radius 2 is 2.10 bits per heavy atom. The topological polar surface area (TPSA) is 34.2 Å². The van der Waals surface area contributed by atoms with E-state index in [1.165, 1.54) is 11.1 Å². The molecule has 1 heterocycles. The highest BCUT2D eigenvalue weighted by molar-refractivity contribution is 5.40. The summed E-state index contributed by atoms with van der Waals surface area (Å²) in [6, 6.07) is 10.6. The maximum Gasteiger partial charge on any atom is 0.121 e. The summed E-state index contributed by atoms with van der Waals surface area (Å²) < 4.78 is 5.33. The second-order valence-electron chi connectivity index (χ2n) is 4.90. The van der Waals surface area contributed by atoms with Crippen LogP contribution in [0.4, 0.5) is 0 Å². The van der Waals surface area contributed by atoms with Gasteiger partial charge in [-0.1, -0.05) is 25.1 Å². The van der Waals surface area contributed by atoms with Gasteiger partial charge in [0.2, 0.25) is 0 Å². The fourth-order valence-corrected chi connectivity index (χ4v) is 2.34. The lowest BCUT2D eigenvalue weighted by Gasteiger charge is -2.20. The predicted molar refractivity (Wildman–Crippen MR) is 82.1 cm³/mol. The van der Waals surface area contributed by atoms with Crippen molar-refractivity contribution >= 4 is 0 Å². The minimum Gasteiger partial charge on any atom is -0.496 e. The van der Waals surface area contributed by atoms with Crippen LogP contribution in [0.5, 0.6) is 5.75 Å². The van der Waals surface area contributed by atoms with Crippen molar-refractivity contribution < 1.29 is 4.74 Å². The SMILES string of the molecule is CCCNC(c1cccnc1)c1ccc(OC)c(C)c1. The zero-order chi connectivity index (χ0) is 14.4. The Balaban J connectivity index is 2.33. The summed E-state index contributed by atoms with van der Waals surface area (Å²) in [6.07, 6.45) is 4.83. The van der Waals surface area contributed by atoms with Crippen molar-refractivity contribution in [3.63, 3.8) is 0 Å². The second-order valence-corrected chi connectivity index (χ2v) is 4.90. The van der Waals surface area contributed by atoms with Gasteiger partial charge in [-0.05, 0) is 48.7 Å². The first-order valence-corrected chi connectivity index (χ1v) is 7.04. The van der Waals surface area contributed by atoms with Gasteiger partial charge in [-0.25, -0.2) is 0 Å². The Bertz CT molecular complexity index is 540. The average Bonchev–Trinajstić information content (AvgIpc) is 2.49. The summed E-state index contributed by atoms with van der Waals surface area (Å²) in [5.41, 5.74) is 3.58. The number of pyridine rings is 1. The fourth-order valence-electron chi connectivity index (χ4n) is 2.34. The van der Waals surface area contributed by atoms with Crippen molar-refractivity contribution in [3.8, 4) is 5.75 Å². The molecule has 3 nitrogen and oxygen atoms in total. The van der Waals surface area contributed by atoms with Gasteiger partial charge >= 0.3 is 0 Å². The van der Waals surface area contributed by atoms with E-state index in [1.807, 2.05) is 18.3 Å². The Morgan fingerprint density at radius 1 is 1.25 bits per heavy atom. The van der Waals surface area contributed by atoms with Crippen molar-refractivity contribution in [1.82, 2.24) is 10.3 Å². The number of hydrogen-bond acceptors (Lipinski definition) is 3. The smallest absolute Gasteiger partial charge is 0.121 e. The van der Waals surface area contributed by atoms with Crippen molar-refractivity contribution in [2.24, 2.45) is 0 Å². The Morgan fingerprint density at radius 3 is 2.70 bits per heavy atom. The monoisotopic (exact) mass is 270 g/mol. The van der Waals surface area contributed by atoms with Crippen molar-refractivity contribution in [2.75, 3.05) is 13.7 Å². The number of hydrogen-bond donors (Lipinski definition) is 1. The highest BCUT2D eigenvalue weighted by atomic mass is 16.5. The quantitative estimate of drug-likeness (QED) is 0.872. The maximum absolute atomic E-state index is 5.33. The number of ether oxygens (including phenoxy) is 1. The van der Waals surface area contributed by atoms with E-state index < -0.39 is 0 Å². The Kier molecular flexibility index (Phi) is 5.13. The van der Waals surface area contributed by atoms with E-state index in [4.69, 9.17) is 4.74 Å². The molecule has 0 aliphatic carbocycles. The van der Waals surface area contributed by atoms with Crippen LogP contribution in [-0.2, 0) is 0 Å². The van der Waals surface area contributed by atoms with Crippen LogP contribution in [0, 0.1) is 6.92 Å². The maximum atomic E-state index is 5.33. The molecule has 0 fully saturated rings. The van der Waals surface area contributed by atoms with Crippen LogP contribution < -0.4 is 10.1 Å². The van der Waals surface area contributed by atoms with Crippen LogP contribution in [-0.4, -0.2) is 18.6 Å². The largest absolute Gasteiger partial charge is 0.496 e. The van der Waals surface area contributed by atoms with Gasteiger partial charge < -0.3 is 10.1 Å². The highest BCUT2D eigenvalue weighted by Crippen LogP contribution is 2.26. The third kappa shape index (κ3) is 3.36. The van der Waals surface area contributed by atoms with Gasteiger partial charge in [0, 0.05) is 12.4 Å². The van der Waals surface area contributed by atoms with E-state index in [9.17, 15) is 0 Å². The first-order chi connectivity index (χ1) is 9.76. The molecule has 2 rings (SSSR count). The first kappa shape index (κ1) is 14.5. The van der Waals surface area contributed by atoms with Gasteiger partial charge in [0.25, 0.3) is 0 Å². The molecule has 1 N–H and O–H groups in total. The van der Waals surface area contributed by atoms with Crippen molar-refractivity contribution in [1.29, 1.82) is 0 Å². The molecule has 1 aromatic heterocycles. The average molecular weight is 270 g/mol. The van der Waals surface area contributed by atoms with E-state index in [0.717, 1.165) is 24.3 Å². The zero-order valence-electron chi connectivity index (χ0n) is 12.4. The van der Waals surface area contributed by atoms with Crippen LogP contribution >= 0.6 is 0 Å². The molecule has 20 heavy (non-hydrogen) atoms. The third-order valence-electron chi connectivity index (χ3n) is 3.37. The van der Waals surface area contributed by atoms with Crippen molar-refractivity contribution in [3.05, 3.63) is 59.4 Å².